The van der Waals surface area contributed by atoms with Crippen LogP contribution in [0.3, 0.4) is 0 Å². The molecule has 5 nitrogen and oxygen atoms in total. The fraction of sp³-hybridized carbons (Fsp3) is 0. The maximum Gasteiger partial charge on any atom is 0.161 e. The monoisotopic (exact) mass is 615 g/mol. The molecular formula is C43H29N5. The van der Waals surface area contributed by atoms with Gasteiger partial charge in [0, 0.05) is 34.6 Å². The van der Waals surface area contributed by atoms with Crippen LogP contribution >= 0.6 is 0 Å². The minimum atomic E-state index is 0.613. The SMILES string of the molecule is c1ccc(-c2cc(-c3ccc(-c4nc(-c5ccccc5)cc(-c5ccccc5)n4)cn3)nc(-c3ncccc3-c3ccccc3)c2)cc1. The Morgan fingerprint density at radius 3 is 1.46 bits per heavy atom. The number of nitrogens with zero attached hydrogens (tertiary/aromatic N) is 5. The predicted molar refractivity (Wildman–Crippen MR) is 193 cm³/mol. The van der Waals surface area contributed by atoms with Crippen molar-refractivity contribution in [2.75, 3.05) is 0 Å². The molecule has 0 fully saturated rings. The van der Waals surface area contributed by atoms with Crippen LogP contribution < -0.4 is 0 Å². The van der Waals surface area contributed by atoms with Gasteiger partial charge < -0.3 is 0 Å². The average molecular weight is 616 g/mol. The van der Waals surface area contributed by atoms with Crippen molar-refractivity contribution in [2.24, 2.45) is 0 Å². The molecular weight excluding hydrogens is 587 g/mol. The normalized spacial score (nSPS) is 10.9. The first-order valence-corrected chi connectivity index (χ1v) is 15.8. The molecule has 0 aliphatic carbocycles. The summed E-state index contributed by atoms with van der Waals surface area (Å²) >= 11 is 0. The second-order valence-electron chi connectivity index (χ2n) is 11.4. The van der Waals surface area contributed by atoms with Crippen LogP contribution in [-0.4, -0.2) is 24.9 Å². The standard InChI is InChI=1S/C43H29N5/c1-5-14-30(15-6-1)35-26-40(46-41(27-35)42-36(22-13-25-44-42)31-16-7-2-8-17-31)37-24-23-34(29-45-37)43-47-38(32-18-9-3-10-19-32)28-39(48-43)33-20-11-4-12-21-33/h1-29H. The number of benzene rings is 4. The highest BCUT2D eigenvalue weighted by Gasteiger charge is 2.16. The molecule has 0 saturated heterocycles. The highest BCUT2D eigenvalue weighted by Crippen LogP contribution is 2.34. The van der Waals surface area contributed by atoms with Gasteiger partial charge in [-0.25, -0.2) is 15.0 Å². The maximum atomic E-state index is 5.14. The molecule has 0 bridgehead atoms. The molecule has 48 heavy (non-hydrogen) atoms. The van der Waals surface area contributed by atoms with Gasteiger partial charge in [-0.15, -0.1) is 0 Å². The molecule has 5 heteroatoms. The van der Waals surface area contributed by atoms with E-state index in [4.69, 9.17) is 24.9 Å². The summed E-state index contributed by atoms with van der Waals surface area (Å²) in [5.41, 5.74) is 11.9. The van der Waals surface area contributed by atoms with Gasteiger partial charge in [-0.2, -0.15) is 0 Å². The van der Waals surface area contributed by atoms with Gasteiger partial charge in [0.15, 0.2) is 5.82 Å². The molecule has 0 unspecified atom stereocenters. The number of pyridine rings is 3. The van der Waals surface area contributed by atoms with Gasteiger partial charge in [0.25, 0.3) is 0 Å². The minimum Gasteiger partial charge on any atom is -0.254 e. The van der Waals surface area contributed by atoms with E-state index in [2.05, 4.69) is 66.7 Å². The number of hydrogen-bond donors (Lipinski definition) is 0. The average Bonchev–Trinajstić information content (AvgIpc) is 3.19. The topological polar surface area (TPSA) is 64.5 Å². The van der Waals surface area contributed by atoms with E-state index in [-0.39, 0.29) is 0 Å². The first-order chi connectivity index (χ1) is 23.8. The van der Waals surface area contributed by atoms with Crippen molar-refractivity contribution in [3.8, 4) is 78.9 Å². The van der Waals surface area contributed by atoms with Crippen molar-refractivity contribution in [1.82, 2.24) is 24.9 Å². The Labute approximate surface area is 279 Å². The van der Waals surface area contributed by atoms with Crippen molar-refractivity contribution < 1.29 is 0 Å². The lowest BCUT2D eigenvalue weighted by Gasteiger charge is -2.13. The summed E-state index contributed by atoms with van der Waals surface area (Å²) in [5, 5.41) is 0. The Kier molecular flexibility index (Phi) is 7.83. The van der Waals surface area contributed by atoms with E-state index in [1.54, 1.807) is 0 Å². The molecule has 4 aromatic heterocycles. The van der Waals surface area contributed by atoms with E-state index in [0.717, 1.165) is 73.1 Å². The molecule has 0 aliphatic heterocycles. The van der Waals surface area contributed by atoms with Crippen molar-refractivity contribution in [2.45, 2.75) is 0 Å². The van der Waals surface area contributed by atoms with E-state index in [1.165, 1.54) is 0 Å². The van der Waals surface area contributed by atoms with Crippen LogP contribution in [0.1, 0.15) is 0 Å². The molecule has 8 rings (SSSR count). The van der Waals surface area contributed by atoms with Crippen molar-refractivity contribution in [3.63, 3.8) is 0 Å². The minimum absolute atomic E-state index is 0.613. The van der Waals surface area contributed by atoms with Crippen molar-refractivity contribution in [1.29, 1.82) is 0 Å². The van der Waals surface area contributed by atoms with E-state index < -0.39 is 0 Å². The Bertz CT molecular complexity index is 2250. The van der Waals surface area contributed by atoms with Gasteiger partial charge in [0.1, 0.15) is 0 Å². The maximum absolute atomic E-state index is 5.14. The third-order valence-corrected chi connectivity index (χ3v) is 8.22. The lowest BCUT2D eigenvalue weighted by atomic mass is 9.98. The van der Waals surface area contributed by atoms with Crippen LogP contribution in [0.15, 0.2) is 176 Å². The fourth-order valence-corrected chi connectivity index (χ4v) is 5.81. The summed E-state index contributed by atoms with van der Waals surface area (Å²) in [6, 6.07) is 55.3. The van der Waals surface area contributed by atoms with Gasteiger partial charge in [-0.3, -0.25) is 9.97 Å². The van der Waals surface area contributed by atoms with Crippen LogP contribution in [0.5, 0.6) is 0 Å². The molecule has 0 N–H and O–H groups in total. The molecule has 0 radical (unpaired) electrons. The Morgan fingerprint density at radius 2 is 0.875 bits per heavy atom. The molecule has 0 spiro atoms. The highest BCUT2D eigenvalue weighted by atomic mass is 14.9. The van der Waals surface area contributed by atoms with Crippen molar-refractivity contribution in [3.05, 3.63) is 176 Å². The number of aromatic nitrogens is 5. The first-order valence-electron chi connectivity index (χ1n) is 15.8. The summed E-state index contributed by atoms with van der Waals surface area (Å²) in [5.74, 6) is 0.613. The molecule has 0 saturated carbocycles. The second kappa shape index (κ2) is 13.0. The van der Waals surface area contributed by atoms with Crippen molar-refractivity contribution >= 4 is 0 Å². The van der Waals surface area contributed by atoms with Crippen LogP contribution in [0.25, 0.3) is 78.9 Å². The summed E-state index contributed by atoms with van der Waals surface area (Å²) in [6.07, 6.45) is 3.65. The Hall–Kier alpha value is -6.59. The van der Waals surface area contributed by atoms with E-state index in [0.29, 0.717) is 5.82 Å². The molecule has 0 amide bonds. The highest BCUT2D eigenvalue weighted by molar-refractivity contribution is 5.83. The summed E-state index contributed by atoms with van der Waals surface area (Å²) in [6.45, 7) is 0. The van der Waals surface area contributed by atoms with E-state index in [1.807, 2.05) is 109 Å². The lowest BCUT2D eigenvalue weighted by Crippen LogP contribution is -1.98. The summed E-state index contributed by atoms with van der Waals surface area (Å²) in [7, 11) is 0. The predicted octanol–water partition coefficient (Wildman–Crippen LogP) is 10.3. The molecule has 0 aliphatic rings. The van der Waals surface area contributed by atoms with Crippen LogP contribution in [0, 0.1) is 0 Å². The zero-order chi connectivity index (χ0) is 32.1. The first kappa shape index (κ1) is 28.9. The summed E-state index contributed by atoms with van der Waals surface area (Å²) in [4.78, 5) is 24.8. The third kappa shape index (κ3) is 6.00. The third-order valence-electron chi connectivity index (χ3n) is 8.22. The second-order valence-corrected chi connectivity index (χ2v) is 11.4. The van der Waals surface area contributed by atoms with Gasteiger partial charge in [0.05, 0.1) is 34.2 Å². The number of rotatable bonds is 7. The quantitative estimate of drug-likeness (QED) is 0.178. The van der Waals surface area contributed by atoms with Crippen LogP contribution in [-0.2, 0) is 0 Å². The van der Waals surface area contributed by atoms with Crippen LogP contribution in [0.2, 0.25) is 0 Å². The lowest BCUT2D eigenvalue weighted by molar-refractivity contribution is 1.17. The van der Waals surface area contributed by atoms with E-state index >= 15 is 0 Å². The molecule has 4 aromatic carbocycles. The van der Waals surface area contributed by atoms with Gasteiger partial charge in [-0.05, 0) is 53.1 Å². The summed E-state index contributed by atoms with van der Waals surface area (Å²) < 4.78 is 0. The fourth-order valence-electron chi connectivity index (χ4n) is 5.81. The molecule has 0 atom stereocenters. The van der Waals surface area contributed by atoms with Crippen LogP contribution in [0.4, 0.5) is 0 Å². The zero-order valence-electron chi connectivity index (χ0n) is 26.0. The molecule has 226 valence electrons. The molecule has 8 aromatic rings. The Balaban J connectivity index is 1.23. The van der Waals surface area contributed by atoms with Gasteiger partial charge in [-0.1, -0.05) is 127 Å². The molecule has 4 heterocycles. The van der Waals surface area contributed by atoms with Gasteiger partial charge >= 0.3 is 0 Å². The number of hydrogen-bond acceptors (Lipinski definition) is 5. The van der Waals surface area contributed by atoms with Gasteiger partial charge in [0.2, 0.25) is 0 Å². The Morgan fingerprint density at radius 1 is 0.312 bits per heavy atom. The smallest absolute Gasteiger partial charge is 0.161 e. The zero-order valence-corrected chi connectivity index (χ0v) is 26.0. The van der Waals surface area contributed by atoms with E-state index in [9.17, 15) is 0 Å². The largest absolute Gasteiger partial charge is 0.254 e.